The summed E-state index contributed by atoms with van der Waals surface area (Å²) in [6, 6.07) is 16.7. The highest BCUT2D eigenvalue weighted by molar-refractivity contribution is 5.87. The minimum absolute atomic E-state index is 0.0745. The third-order valence-corrected chi connectivity index (χ3v) is 6.82. The number of benzene rings is 2. The van der Waals surface area contributed by atoms with Crippen LogP contribution in [0.1, 0.15) is 36.8 Å². The number of piperidine rings is 1. The zero-order valence-electron chi connectivity index (χ0n) is 22.9. The third kappa shape index (κ3) is 10.5. The van der Waals surface area contributed by atoms with Gasteiger partial charge < -0.3 is 36.8 Å². The summed E-state index contributed by atoms with van der Waals surface area (Å²) >= 11 is 0. The molecule has 3 rings (SSSR count). The molecule has 3 amide bonds. The van der Waals surface area contributed by atoms with Gasteiger partial charge in [-0.15, -0.1) is 0 Å². The van der Waals surface area contributed by atoms with E-state index >= 15 is 0 Å². The van der Waals surface area contributed by atoms with Gasteiger partial charge in [0.1, 0.15) is 18.7 Å². The summed E-state index contributed by atoms with van der Waals surface area (Å²) in [7, 11) is 0. The van der Waals surface area contributed by atoms with Crippen LogP contribution in [0.25, 0.3) is 0 Å². The van der Waals surface area contributed by atoms with Gasteiger partial charge in [0, 0.05) is 32.0 Å². The summed E-state index contributed by atoms with van der Waals surface area (Å²) in [5, 5.41) is 14.8. The lowest BCUT2D eigenvalue weighted by molar-refractivity contribution is -0.143. The quantitative estimate of drug-likeness (QED) is 0.136. The second kappa shape index (κ2) is 15.8. The number of hydrogen-bond acceptors (Lipinski definition) is 6. The molecule has 41 heavy (non-hydrogen) atoms. The van der Waals surface area contributed by atoms with Crippen LogP contribution in [0.2, 0.25) is 0 Å². The molecule has 0 radical (unpaired) electrons. The van der Waals surface area contributed by atoms with E-state index in [1.165, 1.54) is 0 Å². The number of carboxylic acids is 1. The summed E-state index contributed by atoms with van der Waals surface area (Å²) in [6.45, 7) is 0.932. The molecule has 1 saturated heterocycles. The Morgan fingerprint density at radius 2 is 1.54 bits per heavy atom. The number of aliphatic imine (C=N–C) groups is 1. The van der Waals surface area contributed by atoms with E-state index in [0.29, 0.717) is 32.4 Å². The number of amides is 3. The van der Waals surface area contributed by atoms with E-state index in [1.54, 1.807) is 4.90 Å². The number of nitrogens with one attached hydrogen (secondary N) is 2. The lowest BCUT2D eigenvalue weighted by Gasteiger charge is -2.34. The van der Waals surface area contributed by atoms with E-state index in [9.17, 15) is 24.3 Å². The van der Waals surface area contributed by atoms with E-state index in [0.717, 1.165) is 11.1 Å². The normalized spacial score (nSPS) is 14.8. The molecule has 12 heteroatoms. The molecule has 0 saturated carbocycles. The molecule has 1 aliphatic heterocycles. The highest BCUT2D eigenvalue weighted by Crippen LogP contribution is 2.20. The van der Waals surface area contributed by atoms with Crippen molar-refractivity contribution >= 4 is 29.8 Å². The molecule has 1 heterocycles. The zero-order valence-corrected chi connectivity index (χ0v) is 22.9. The standard InChI is InChI=1S/C29H38N6O6/c30-28(31)32-15-7-12-23(27(38)39)33-25(36)22-13-16-35(17-14-22)26(37)24(18-20-8-3-1-4-9-20)34-29(40)41-19-21-10-5-2-6-11-21/h1-6,8-11,22-24H,7,12-19H2,(H,33,36)(H,34,40)(H,38,39)(H4,30,31,32). The molecule has 2 atom stereocenters. The van der Waals surface area contributed by atoms with Crippen LogP contribution < -0.4 is 22.1 Å². The molecule has 7 N–H and O–H groups in total. The lowest BCUT2D eigenvalue weighted by atomic mass is 9.94. The van der Waals surface area contributed by atoms with Gasteiger partial charge in [0.15, 0.2) is 5.96 Å². The first kappa shape index (κ1) is 30.9. The number of ether oxygens (including phenoxy) is 1. The Labute approximate surface area is 239 Å². The van der Waals surface area contributed by atoms with E-state index in [4.69, 9.17) is 16.2 Å². The Balaban J connectivity index is 1.55. The molecule has 0 aliphatic carbocycles. The Hall–Kier alpha value is -4.61. The van der Waals surface area contributed by atoms with Gasteiger partial charge in [-0.05, 0) is 36.8 Å². The van der Waals surface area contributed by atoms with Gasteiger partial charge in [-0.25, -0.2) is 9.59 Å². The van der Waals surface area contributed by atoms with E-state index < -0.39 is 30.1 Å². The van der Waals surface area contributed by atoms with Gasteiger partial charge in [-0.1, -0.05) is 60.7 Å². The van der Waals surface area contributed by atoms with E-state index in [1.807, 2.05) is 60.7 Å². The maximum Gasteiger partial charge on any atom is 0.408 e. The van der Waals surface area contributed by atoms with Crippen LogP contribution in [0.3, 0.4) is 0 Å². The minimum atomic E-state index is -1.13. The number of aliphatic carboxylic acids is 1. The van der Waals surface area contributed by atoms with Gasteiger partial charge in [-0.2, -0.15) is 0 Å². The fourth-order valence-corrected chi connectivity index (χ4v) is 4.59. The molecule has 12 nitrogen and oxygen atoms in total. The van der Waals surface area contributed by atoms with Crippen molar-refractivity contribution in [2.45, 2.75) is 50.8 Å². The summed E-state index contributed by atoms with van der Waals surface area (Å²) in [4.78, 5) is 56.0. The fourth-order valence-electron chi connectivity index (χ4n) is 4.59. The van der Waals surface area contributed by atoms with Crippen molar-refractivity contribution in [3.8, 4) is 0 Å². The molecule has 1 aliphatic rings. The molecule has 1 fully saturated rings. The van der Waals surface area contributed by atoms with Crippen molar-refractivity contribution in [2.24, 2.45) is 22.4 Å². The number of nitrogens with two attached hydrogens (primary N) is 2. The molecule has 220 valence electrons. The smallest absolute Gasteiger partial charge is 0.408 e. The van der Waals surface area contributed by atoms with Crippen LogP contribution in [0.4, 0.5) is 4.79 Å². The van der Waals surface area contributed by atoms with Crippen LogP contribution in [-0.2, 0) is 32.1 Å². The Bertz CT molecular complexity index is 1180. The Morgan fingerprint density at radius 3 is 2.12 bits per heavy atom. The van der Waals surface area contributed by atoms with Crippen LogP contribution in [0, 0.1) is 5.92 Å². The fraction of sp³-hybridized carbons (Fsp3) is 0.414. The van der Waals surface area contributed by atoms with Crippen molar-refractivity contribution < 1.29 is 29.0 Å². The molecular formula is C29H38N6O6. The second-order valence-corrected chi connectivity index (χ2v) is 9.90. The van der Waals surface area contributed by atoms with Crippen LogP contribution in [0.5, 0.6) is 0 Å². The average molecular weight is 567 g/mol. The molecule has 2 unspecified atom stereocenters. The van der Waals surface area contributed by atoms with Crippen molar-refractivity contribution in [3.63, 3.8) is 0 Å². The van der Waals surface area contributed by atoms with E-state index in [2.05, 4.69) is 15.6 Å². The summed E-state index contributed by atoms with van der Waals surface area (Å²) in [5.74, 6) is -2.28. The second-order valence-electron chi connectivity index (χ2n) is 9.90. The van der Waals surface area contributed by atoms with E-state index in [-0.39, 0.29) is 43.8 Å². The minimum Gasteiger partial charge on any atom is -0.480 e. The van der Waals surface area contributed by atoms with Gasteiger partial charge in [0.25, 0.3) is 0 Å². The lowest BCUT2D eigenvalue weighted by Crippen LogP contribution is -2.53. The number of likely N-dealkylation sites (tertiary alicyclic amines) is 1. The van der Waals surface area contributed by atoms with Gasteiger partial charge in [0.05, 0.1) is 0 Å². The maximum absolute atomic E-state index is 13.5. The molecule has 2 aromatic rings. The van der Waals surface area contributed by atoms with Crippen molar-refractivity contribution in [3.05, 3.63) is 71.8 Å². The maximum atomic E-state index is 13.5. The molecular weight excluding hydrogens is 528 g/mol. The van der Waals surface area contributed by atoms with Gasteiger partial charge in [-0.3, -0.25) is 14.6 Å². The van der Waals surface area contributed by atoms with Crippen molar-refractivity contribution in [1.82, 2.24) is 15.5 Å². The summed E-state index contributed by atoms with van der Waals surface area (Å²) < 4.78 is 5.34. The summed E-state index contributed by atoms with van der Waals surface area (Å²) in [5.41, 5.74) is 12.3. The molecule has 0 aromatic heterocycles. The van der Waals surface area contributed by atoms with Crippen LogP contribution in [-0.4, -0.2) is 71.6 Å². The molecule has 0 spiro atoms. The number of hydrogen-bond donors (Lipinski definition) is 5. The van der Waals surface area contributed by atoms with Crippen LogP contribution in [0.15, 0.2) is 65.7 Å². The largest absolute Gasteiger partial charge is 0.480 e. The number of guanidine groups is 1. The number of carboxylic acid groups (broad SMARTS) is 1. The van der Waals surface area contributed by atoms with Crippen LogP contribution >= 0.6 is 0 Å². The topological polar surface area (TPSA) is 189 Å². The van der Waals surface area contributed by atoms with Gasteiger partial charge in [0.2, 0.25) is 11.8 Å². The predicted octanol–water partition coefficient (Wildman–Crippen LogP) is 1.39. The zero-order chi connectivity index (χ0) is 29.6. The third-order valence-electron chi connectivity index (χ3n) is 6.82. The highest BCUT2D eigenvalue weighted by Gasteiger charge is 2.33. The van der Waals surface area contributed by atoms with Crippen molar-refractivity contribution in [1.29, 1.82) is 0 Å². The van der Waals surface area contributed by atoms with Gasteiger partial charge >= 0.3 is 12.1 Å². The summed E-state index contributed by atoms with van der Waals surface area (Å²) in [6.07, 6.45) is 0.898. The number of nitrogens with zero attached hydrogens (tertiary/aromatic N) is 2. The van der Waals surface area contributed by atoms with Crippen molar-refractivity contribution in [2.75, 3.05) is 19.6 Å². The number of carbonyl (C=O) groups is 4. The first-order chi connectivity index (χ1) is 19.7. The number of carbonyl (C=O) groups excluding carboxylic acids is 3. The molecule has 0 bridgehead atoms. The first-order valence-electron chi connectivity index (χ1n) is 13.6. The SMILES string of the molecule is NC(N)=NCCCC(NC(=O)C1CCN(C(=O)C(Cc2ccccc2)NC(=O)OCc2ccccc2)CC1)C(=O)O. The number of alkyl carbamates (subject to hydrolysis) is 1. The number of rotatable bonds is 13. The highest BCUT2D eigenvalue weighted by atomic mass is 16.5. The monoisotopic (exact) mass is 566 g/mol. The first-order valence-corrected chi connectivity index (χ1v) is 13.6. The Kier molecular flexibility index (Phi) is 12.0. The molecule has 2 aromatic carbocycles. The Morgan fingerprint density at radius 1 is 0.927 bits per heavy atom. The average Bonchev–Trinajstić information content (AvgIpc) is 2.97. The predicted molar refractivity (Wildman–Crippen MR) is 152 cm³/mol.